The maximum atomic E-state index is 13.6. The van der Waals surface area contributed by atoms with Gasteiger partial charge in [-0.05, 0) is 38.3 Å². The van der Waals surface area contributed by atoms with Crippen LogP contribution in [-0.4, -0.2) is 90.2 Å². The van der Waals surface area contributed by atoms with Crippen LogP contribution in [0, 0.1) is 5.92 Å². The molecule has 3 fully saturated rings. The molecule has 1 aromatic rings. The summed E-state index contributed by atoms with van der Waals surface area (Å²) >= 11 is 0. The molecule has 1 atom stereocenters. The second-order valence-electron chi connectivity index (χ2n) is 9.09. The van der Waals surface area contributed by atoms with Crippen LogP contribution in [0.4, 0.5) is 0 Å². The number of hydrogen-bond donors (Lipinski definition) is 0. The predicted octanol–water partition coefficient (Wildman–Crippen LogP) is 1.75. The van der Waals surface area contributed by atoms with E-state index in [1.54, 1.807) is 4.90 Å². The molecule has 0 aliphatic carbocycles. The van der Waals surface area contributed by atoms with Gasteiger partial charge in [0.05, 0.1) is 0 Å². The summed E-state index contributed by atoms with van der Waals surface area (Å²) in [6.07, 6.45) is 3.74. The lowest BCUT2D eigenvalue weighted by molar-refractivity contribution is -0.150. The van der Waals surface area contributed by atoms with Crippen LogP contribution in [0.3, 0.4) is 0 Å². The van der Waals surface area contributed by atoms with E-state index in [0.29, 0.717) is 38.9 Å². The Morgan fingerprint density at radius 2 is 1.55 bits per heavy atom. The molecule has 0 aromatic heterocycles. The molecule has 0 radical (unpaired) electrons. The molecule has 7 heteroatoms. The van der Waals surface area contributed by atoms with E-state index in [0.717, 1.165) is 44.6 Å². The molecule has 3 aliphatic rings. The van der Waals surface area contributed by atoms with Gasteiger partial charge in [0.1, 0.15) is 6.04 Å². The van der Waals surface area contributed by atoms with E-state index in [1.165, 1.54) is 0 Å². The smallest absolute Gasteiger partial charge is 0.250 e. The summed E-state index contributed by atoms with van der Waals surface area (Å²) in [5.41, 5.74) is 0.874. The zero-order chi connectivity index (χ0) is 21.8. The molecule has 3 amide bonds. The van der Waals surface area contributed by atoms with E-state index in [2.05, 4.69) is 11.9 Å². The summed E-state index contributed by atoms with van der Waals surface area (Å²) in [4.78, 5) is 47.0. The quantitative estimate of drug-likeness (QED) is 0.736. The van der Waals surface area contributed by atoms with Crippen LogP contribution in [-0.2, 0) is 14.4 Å². The number of likely N-dealkylation sites (tertiary alicyclic amines) is 2. The lowest BCUT2D eigenvalue weighted by Gasteiger charge is -2.40. The van der Waals surface area contributed by atoms with Crippen LogP contribution < -0.4 is 0 Å². The van der Waals surface area contributed by atoms with Gasteiger partial charge in [-0.15, -0.1) is 0 Å². The summed E-state index contributed by atoms with van der Waals surface area (Å²) in [6, 6.07) is 9.09. The molecule has 3 heterocycles. The van der Waals surface area contributed by atoms with Crippen LogP contribution >= 0.6 is 0 Å². The zero-order valence-electron chi connectivity index (χ0n) is 18.5. The van der Waals surface area contributed by atoms with Crippen molar-refractivity contribution in [3.63, 3.8) is 0 Å². The number of carbonyl (C=O) groups excluding carboxylic acids is 3. The number of nitrogens with zero attached hydrogens (tertiary/aromatic N) is 4. The van der Waals surface area contributed by atoms with Gasteiger partial charge in [-0.3, -0.25) is 14.4 Å². The molecule has 7 nitrogen and oxygen atoms in total. The van der Waals surface area contributed by atoms with Gasteiger partial charge in [-0.25, -0.2) is 0 Å². The zero-order valence-corrected chi connectivity index (χ0v) is 18.5. The molecule has 168 valence electrons. The van der Waals surface area contributed by atoms with Crippen molar-refractivity contribution < 1.29 is 14.4 Å². The molecule has 3 saturated heterocycles. The minimum atomic E-state index is -0.557. The Morgan fingerprint density at radius 3 is 2.19 bits per heavy atom. The number of hydrogen-bond acceptors (Lipinski definition) is 4. The maximum Gasteiger partial charge on any atom is 0.250 e. The molecule has 1 aromatic carbocycles. The first-order valence-corrected chi connectivity index (χ1v) is 11.6. The minimum absolute atomic E-state index is 0.000694. The summed E-state index contributed by atoms with van der Waals surface area (Å²) in [7, 11) is 2.09. The molecule has 3 aliphatic heterocycles. The van der Waals surface area contributed by atoms with Gasteiger partial charge in [-0.1, -0.05) is 30.3 Å². The van der Waals surface area contributed by atoms with Crippen molar-refractivity contribution in [2.24, 2.45) is 5.92 Å². The second kappa shape index (κ2) is 9.81. The normalized spacial score (nSPS) is 22.5. The van der Waals surface area contributed by atoms with E-state index in [9.17, 15) is 14.4 Å². The van der Waals surface area contributed by atoms with E-state index in [-0.39, 0.29) is 23.6 Å². The lowest BCUT2D eigenvalue weighted by atomic mass is 9.93. The SMILES string of the molecule is CN1CCN(C(=O)C2CCN(C(=O)C(c3ccccc3)N3CCCCC3=O)CC2)CC1. The van der Waals surface area contributed by atoms with E-state index < -0.39 is 6.04 Å². The van der Waals surface area contributed by atoms with Crippen LogP contribution in [0.1, 0.15) is 43.7 Å². The topological polar surface area (TPSA) is 64.2 Å². The van der Waals surface area contributed by atoms with Crippen LogP contribution in [0.5, 0.6) is 0 Å². The van der Waals surface area contributed by atoms with Crippen LogP contribution in [0.2, 0.25) is 0 Å². The molecule has 1 unspecified atom stereocenters. The third-order valence-corrected chi connectivity index (χ3v) is 6.99. The van der Waals surface area contributed by atoms with Crippen molar-refractivity contribution >= 4 is 17.7 Å². The number of carbonyl (C=O) groups is 3. The highest BCUT2D eigenvalue weighted by atomic mass is 16.2. The van der Waals surface area contributed by atoms with Crippen LogP contribution in [0.15, 0.2) is 30.3 Å². The van der Waals surface area contributed by atoms with Gasteiger partial charge in [0.25, 0.3) is 0 Å². The Balaban J connectivity index is 1.42. The number of piperidine rings is 2. The van der Waals surface area contributed by atoms with Crippen LogP contribution in [0.25, 0.3) is 0 Å². The molecule has 0 saturated carbocycles. The number of likely N-dealkylation sites (N-methyl/N-ethyl adjacent to an activating group) is 1. The second-order valence-corrected chi connectivity index (χ2v) is 9.09. The van der Waals surface area contributed by atoms with Gasteiger partial charge in [0, 0.05) is 58.2 Å². The van der Waals surface area contributed by atoms with Crippen molar-refractivity contribution in [2.75, 3.05) is 52.9 Å². The first-order chi connectivity index (χ1) is 15.0. The molecule has 4 rings (SSSR count). The number of amides is 3. The van der Waals surface area contributed by atoms with Gasteiger partial charge in [0.15, 0.2) is 0 Å². The summed E-state index contributed by atoms with van der Waals surface area (Å²) in [5.74, 6) is 0.297. The molecular weight excluding hydrogens is 392 g/mol. The molecule has 0 bridgehead atoms. The molecule has 0 spiro atoms. The largest absolute Gasteiger partial charge is 0.341 e. The average molecular weight is 427 g/mol. The number of benzene rings is 1. The minimum Gasteiger partial charge on any atom is -0.341 e. The first-order valence-electron chi connectivity index (χ1n) is 11.6. The fourth-order valence-electron chi connectivity index (χ4n) is 5.00. The third-order valence-electron chi connectivity index (χ3n) is 6.99. The summed E-state index contributed by atoms with van der Waals surface area (Å²) < 4.78 is 0. The van der Waals surface area contributed by atoms with Gasteiger partial charge in [0.2, 0.25) is 17.7 Å². The van der Waals surface area contributed by atoms with E-state index >= 15 is 0 Å². The fourth-order valence-corrected chi connectivity index (χ4v) is 5.00. The van der Waals surface area contributed by atoms with Crippen molar-refractivity contribution in [1.82, 2.24) is 19.6 Å². The van der Waals surface area contributed by atoms with Gasteiger partial charge >= 0.3 is 0 Å². The van der Waals surface area contributed by atoms with Crippen molar-refractivity contribution in [3.05, 3.63) is 35.9 Å². The van der Waals surface area contributed by atoms with E-state index in [1.807, 2.05) is 40.1 Å². The lowest BCUT2D eigenvalue weighted by Crippen LogP contribution is -2.52. The highest BCUT2D eigenvalue weighted by molar-refractivity contribution is 5.89. The van der Waals surface area contributed by atoms with E-state index in [4.69, 9.17) is 0 Å². The molecule has 31 heavy (non-hydrogen) atoms. The molecular formula is C24H34N4O3. The van der Waals surface area contributed by atoms with Gasteiger partial charge in [-0.2, -0.15) is 0 Å². The standard InChI is InChI=1S/C24H34N4O3/c1-25-15-17-27(18-16-25)23(30)20-10-13-26(14-11-20)24(31)22(19-7-3-2-4-8-19)28-12-6-5-9-21(28)29/h2-4,7-8,20,22H,5-6,9-18H2,1H3. The predicted molar refractivity (Wildman–Crippen MR) is 118 cm³/mol. The Hall–Kier alpha value is -2.41. The third kappa shape index (κ3) is 4.92. The Kier molecular flexibility index (Phi) is 6.90. The number of rotatable bonds is 4. The average Bonchev–Trinajstić information content (AvgIpc) is 2.81. The Bertz CT molecular complexity index is 783. The van der Waals surface area contributed by atoms with Gasteiger partial charge < -0.3 is 19.6 Å². The first kappa shape index (κ1) is 21.8. The monoisotopic (exact) mass is 426 g/mol. The van der Waals surface area contributed by atoms with Crippen molar-refractivity contribution in [2.45, 2.75) is 38.1 Å². The fraction of sp³-hybridized carbons (Fsp3) is 0.625. The molecule has 0 N–H and O–H groups in total. The Morgan fingerprint density at radius 1 is 0.871 bits per heavy atom. The highest BCUT2D eigenvalue weighted by Crippen LogP contribution is 2.30. The number of piperazine rings is 1. The summed E-state index contributed by atoms with van der Waals surface area (Å²) in [5, 5.41) is 0. The van der Waals surface area contributed by atoms with Crippen molar-refractivity contribution in [3.8, 4) is 0 Å². The summed E-state index contributed by atoms with van der Waals surface area (Å²) in [6.45, 7) is 5.21. The maximum absolute atomic E-state index is 13.6. The Labute approximate surface area is 185 Å². The van der Waals surface area contributed by atoms with Crippen molar-refractivity contribution in [1.29, 1.82) is 0 Å². The highest BCUT2D eigenvalue weighted by Gasteiger charge is 2.38.